The Bertz CT molecular complexity index is 1060. The SMILES string of the molecule is COc1cccc2cc(C(C)NC(=O)C3CCCN(C(=O)Cc4ccccc4)C3)oc12. The lowest BCUT2D eigenvalue weighted by atomic mass is 9.96. The molecule has 1 saturated heterocycles. The summed E-state index contributed by atoms with van der Waals surface area (Å²) in [5.41, 5.74) is 1.67. The van der Waals surface area contributed by atoms with Crippen LogP contribution in [0.4, 0.5) is 0 Å². The predicted octanol–water partition coefficient (Wildman–Crippen LogP) is 4.10. The molecule has 0 saturated carbocycles. The molecule has 2 aromatic carbocycles. The summed E-state index contributed by atoms with van der Waals surface area (Å²) in [6, 6.07) is 17.1. The molecule has 0 bridgehead atoms. The number of rotatable bonds is 6. The summed E-state index contributed by atoms with van der Waals surface area (Å²) in [5.74, 6) is 1.16. The van der Waals surface area contributed by atoms with Crippen molar-refractivity contribution < 1.29 is 18.7 Å². The predicted molar refractivity (Wildman–Crippen MR) is 119 cm³/mol. The summed E-state index contributed by atoms with van der Waals surface area (Å²) >= 11 is 0. The Morgan fingerprint density at radius 3 is 2.77 bits per heavy atom. The Balaban J connectivity index is 1.38. The Morgan fingerprint density at radius 2 is 2.00 bits per heavy atom. The number of hydrogen-bond donors (Lipinski definition) is 1. The van der Waals surface area contributed by atoms with E-state index in [4.69, 9.17) is 9.15 Å². The first kappa shape index (κ1) is 21.0. The van der Waals surface area contributed by atoms with Gasteiger partial charge in [0.2, 0.25) is 11.8 Å². The van der Waals surface area contributed by atoms with Crippen LogP contribution in [0.3, 0.4) is 0 Å². The molecule has 0 radical (unpaired) electrons. The molecule has 0 aliphatic carbocycles. The van der Waals surface area contributed by atoms with Crippen molar-refractivity contribution in [2.24, 2.45) is 5.92 Å². The third-order valence-electron chi connectivity index (χ3n) is 5.88. The van der Waals surface area contributed by atoms with E-state index in [2.05, 4.69) is 5.32 Å². The third kappa shape index (κ3) is 4.74. The molecule has 6 nitrogen and oxygen atoms in total. The van der Waals surface area contributed by atoms with E-state index in [0.29, 0.717) is 36.6 Å². The van der Waals surface area contributed by atoms with Crippen molar-refractivity contribution in [3.63, 3.8) is 0 Å². The molecule has 31 heavy (non-hydrogen) atoms. The zero-order valence-electron chi connectivity index (χ0n) is 18.0. The summed E-state index contributed by atoms with van der Waals surface area (Å²) < 4.78 is 11.3. The molecular formula is C25H28N2O4. The molecule has 6 heteroatoms. The highest BCUT2D eigenvalue weighted by molar-refractivity contribution is 5.85. The minimum Gasteiger partial charge on any atom is -0.493 e. The zero-order chi connectivity index (χ0) is 21.8. The molecule has 2 heterocycles. The van der Waals surface area contributed by atoms with Crippen LogP contribution in [0, 0.1) is 5.92 Å². The van der Waals surface area contributed by atoms with Gasteiger partial charge in [-0.25, -0.2) is 0 Å². The van der Waals surface area contributed by atoms with Gasteiger partial charge in [0, 0.05) is 18.5 Å². The molecule has 162 valence electrons. The van der Waals surface area contributed by atoms with Crippen LogP contribution in [0.25, 0.3) is 11.0 Å². The molecule has 2 atom stereocenters. The number of benzene rings is 2. The minimum atomic E-state index is -0.278. The summed E-state index contributed by atoms with van der Waals surface area (Å²) in [7, 11) is 1.61. The number of furan rings is 1. The van der Waals surface area contributed by atoms with E-state index in [0.717, 1.165) is 23.8 Å². The van der Waals surface area contributed by atoms with Gasteiger partial charge in [-0.2, -0.15) is 0 Å². The molecule has 1 N–H and O–H groups in total. The largest absolute Gasteiger partial charge is 0.493 e. The summed E-state index contributed by atoms with van der Waals surface area (Å²) in [4.78, 5) is 27.5. The number of carbonyl (C=O) groups is 2. The number of nitrogens with zero attached hydrogens (tertiary/aromatic N) is 1. The second-order valence-corrected chi connectivity index (χ2v) is 8.10. The van der Waals surface area contributed by atoms with Gasteiger partial charge in [0.15, 0.2) is 11.3 Å². The molecule has 1 aliphatic rings. The first-order chi connectivity index (χ1) is 15.0. The molecule has 2 unspecified atom stereocenters. The van der Waals surface area contributed by atoms with Gasteiger partial charge >= 0.3 is 0 Å². The highest BCUT2D eigenvalue weighted by Gasteiger charge is 2.29. The van der Waals surface area contributed by atoms with Crippen LogP contribution in [0.5, 0.6) is 5.75 Å². The molecule has 2 amide bonds. The highest BCUT2D eigenvalue weighted by atomic mass is 16.5. The maximum atomic E-state index is 12.9. The number of carbonyl (C=O) groups excluding carboxylic acids is 2. The fraction of sp³-hybridized carbons (Fsp3) is 0.360. The number of hydrogen-bond acceptors (Lipinski definition) is 4. The molecule has 1 aliphatic heterocycles. The van der Waals surface area contributed by atoms with Gasteiger partial charge in [0.1, 0.15) is 5.76 Å². The van der Waals surface area contributed by atoms with Gasteiger partial charge in [-0.15, -0.1) is 0 Å². The Kier molecular flexibility index (Phi) is 6.26. The number of para-hydroxylation sites is 1. The van der Waals surface area contributed by atoms with Gasteiger partial charge in [-0.05, 0) is 37.5 Å². The van der Waals surface area contributed by atoms with Crippen LogP contribution in [0.2, 0.25) is 0 Å². The highest BCUT2D eigenvalue weighted by Crippen LogP contribution is 2.31. The summed E-state index contributed by atoms with van der Waals surface area (Å²) in [5, 5.41) is 4.00. The third-order valence-corrected chi connectivity index (χ3v) is 5.88. The van der Waals surface area contributed by atoms with Crippen molar-refractivity contribution >= 4 is 22.8 Å². The van der Waals surface area contributed by atoms with Crippen LogP contribution in [-0.4, -0.2) is 36.9 Å². The number of likely N-dealkylation sites (tertiary alicyclic amines) is 1. The van der Waals surface area contributed by atoms with E-state index in [1.807, 2.05) is 66.4 Å². The van der Waals surface area contributed by atoms with E-state index >= 15 is 0 Å². The zero-order valence-corrected chi connectivity index (χ0v) is 18.0. The smallest absolute Gasteiger partial charge is 0.227 e. The van der Waals surface area contributed by atoms with Gasteiger partial charge in [-0.1, -0.05) is 42.5 Å². The van der Waals surface area contributed by atoms with Crippen LogP contribution in [0.15, 0.2) is 59.0 Å². The van der Waals surface area contributed by atoms with Crippen LogP contribution >= 0.6 is 0 Å². The Labute approximate surface area is 182 Å². The van der Waals surface area contributed by atoms with Crippen molar-refractivity contribution in [3.05, 3.63) is 65.9 Å². The average molecular weight is 421 g/mol. The fourth-order valence-corrected chi connectivity index (χ4v) is 4.13. The second kappa shape index (κ2) is 9.25. The topological polar surface area (TPSA) is 71.8 Å². The molecular weight excluding hydrogens is 392 g/mol. The maximum Gasteiger partial charge on any atom is 0.227 e. The van der Waals surface area contributed by atoms with Crippen molar-refractivity contribution in [1.82, 2.24) is 10.2 Å². The van der Waals surface area contributed by atoms with Crippen LogP contribution < -0.4 is 10.1 Å². The van der Waals surface area contributed by atoms with Gasteiger partial charge < -0.3 is 19.4 Å². The van der Waals surface area contributed by atoms with E-state index < -0.39 is 0 Å². The van der Waals surface area contributed by atoms with Crippen molar-refractivity contribution in [2.75, 3.05) is 20.2 Å². The summed E-state index contributed by atoms with van der Waals surface area (Å²) in [6.07, 6.45) is 1.98. The van der Waals surface area contributed by atoms with E-state index in [-0.39, 0.29) is 23.8 Å². The lowest BCUT2D eigenvalue weighted by Gasteiger charge is -2.32. The first-order valence-corrected chi connectivity index (χ1v) is 10.7. The van der Waals surface area contributed by atoms with Gasteiger partial charge in [0.25, 0.3) is 0 Å². The second-order valence-electron chi connectivity index (χ2n) is 8.10. The number of ether oxygens (including phenoxy) is 1. The van der Waals surface area contributed by atoms with E-state index in [9.17, 15) is 9.59 Å². The molecule has 3 aromatic rings. The maximum absolute atomic E-state index is 12.9. The van der Waals surface area contributed by atoms with Crippen molar-refractivity contribution in [3.8, 4) is 5.75 Å². The standard InChI is InChI=1S/C25H28N2O4/c1-17(22-15-19-10-6-12-21(30-2)24(19)31-22)26-25(29)20-11-7-13-27(16-20)23(28)14-18-8-4-3-5-9-18/h3-6,8-10,12,15,17,20H,7,11,13-14,16H2,1-2H3,(H,26,29). The van der Waals surface area contributed by atoms with Crippen LogP contribution in [-0.2, 0) is 16.0 Å². The van der Waals surface area contributed by atoms with Crippen molar-refractivity contribution in [2.45, 2.75) is 32.2 Å². The first-order valence-electron chi connectivity index (χ1n) is 10.7. The van der Waals surface area contributed by atoms with E-state index in [1.165, 1.54) is 0 Å². The van der Waals surface area contributed by atoms with Crippen molar-refractivity contribution in [1.29, 1.82) is 0 Å². The Morgan fingerprint density at radius 1 is 1.19 bits per heavy atom. The minimum absolute atomic E-state index is 0.0443. The van der Waals surface area contributed by atoms with Gasteiger partial charge in [0.05, 0.1) is 25.5 Å². The lowest BCUT2D eigenvalue weighted by Crippen LogP contribution is -2.46. The number of nitrogens with one attached hydrogen (secondary N) is 1. The Hall–Kier alpha value is -3.28. The molecule has 1 aromatic heterocycles. The fourth-order valence-electron chi connectivity index (χ4n) is 4.13. The average Bonchev–Trinajstić information content (AvgIpc) is 3.24. The van der Waals surface area contributed by atoms with Crippen LogP contribution in [0.1, 0.15) is 37.1 Å². The normalized spacial score (nSPS) is 17.4. The quantitative estimate of drug-likeness (QED) is 0.652. The number of fused-ring (bicyclic) bond motifs is 1. The van der Waals surface area contributed by atoms with E-state index in [1.54, 1.807) is 7.11 Å². The monoisotopic (exact) mass is 420 g/mol. The molecule has 1 fully saturated rings. The van der Waals surface area contributed by atoms with Gasteiger partial charge in [-0.3, -0.25) is 9.59 Å². The number of amides is 2. The summed E-state index contributed by atoms with van der Waals surface area (Å²) in [6.45, 7) is 3.07. The molecule has 0 spiro atoms. The molecule has 4 rings (SSSR count). The lowest BCUT2D eigenvalue weighted by molar-refractivity contribution is -0.135. The number of methoxy groups -OCH3 is 1. The number of piperidine rings is 1.